The van der Waals surface area contributed by atoms with Gasteiger partial charge < -0.3 is 4.98 Å². The Kier molecular flexibility index (Phi) is 3.39. The number of hydrogen-bond acceptors (Lipinski definition) is 4. The van der Waals surface area contributed by atoms with Crippen LogP contribution in [-0.2, 0) is 15.6 Å². The van der Waals surface area contributed by atoms with E-state index in [9.17, 15) is 13.2 Å². The first kappa shape index (κ1) is 16.6. The highest BCUT2D eigenvalue weighted by Crippen LogP contribution is 2.28. The van der Waals surface area contributed by atoms with Crippen molar-refractivity contribution < 1.29 is 8.42 Å². The third-order valence-electron chi connectivity index (χ3n) is 4.29. The van der Waals surface area contributed by atoms with E-state index in [0.717, 1.165) is 3.97 Å². The van der Waals surface area contributed by atoms with Crippen molar-refractivity contribution in [2.24, 2.45) is 0 Å². The highest BCUT2D eigenvalue weighted by atomic mass is 32.2. The Balaban J connectivity index is 2.08. The van der Waals surface area contributed by atoms with Gasteiger partial charge in [-0.1, -0.05) is 18.2 Å². The summed E-state index contributed by atoms with van der Waals surface area (Å²) in [6.07, 6.45) is 2.97. The van der Waals surface area contributed by atoms with Crippen molar-refractivity contribution in [1.29, 1.82) is 0 Å². The van der Waals surface area contributed by atoms with E-state index in [1.807, 2.05) is 20.8 Å². The summed E-state index contributed by atoms with van der Waals surface area (Å²) >= 11 is 0. The third-order valence-corrected chi connectivity index (χ3v) is 5.97. The van der Waals surface area contributed by atoms with Gasteiger partial charge in [0.05, 0.1) is 22.1 Å². The average Bonchev–Trinajstić information content (AvgIpc) is 3.15. The molecule has 0 aliphatic carbocycles. The van der Waals surface area contributed by atoms with Gasteiger partial charge in [-0.3, -0.25) is 4.57 Å². The summed E-state index contributed by atoms with van der Waals surface area (Å²) in [7, 11) is -3.78. The second kappa shape index (κ2) is 5.31. The molecule has 0 radical (unpaired) electrons. The minimum atomic E-state index is -3.78. The molecule has 3 heterocycles. The van der Waals surface area contributed by atoms with E-state index >= 15 is 0 Å². The number of H-pyrrole nitrogens is 1. The van der Waals surface area contributed by atoms with Gasteiger partial charge in [-0.25, -0.2) is 22.2 Å². The average molecular weight is 370 g/mol. The highest BCUT2D eigenvalue weighted by molar-refractivity contribution is 7.90. The Bertz CT molecular complexity index is 1290. The zero-order chi connectivity index (χ0) is 18.7. The summed E-state index contributed by atoms with van der Waals surface area (Å²) in [4.78, 5) is 19.7. The highest BCUT2D eigenvalue weighted by Gasteiger charge is 2.25. The number of hydrogen-bond donors (Lipinski definition) is 1. The van der Waals surface area contributed by atoms with Crippen molar-refractivity contribution in [3.63, 3.8) is 0 Å². The molecule has 4 rings (SSSR count). The molecule has 0 spiro atoms. The van der Waals surface area contributed by atoms with Gasteiger partial charge >= 0.3 is 5.69 Å². The van der Waals surface area contributed by atoms with Crippen LogP contribution in [0.1, 0.15) is 20.8 Å². The van der Waals surface area contributed by atoms with E-state index in [2.05, 4.69) is 9.97 Å². The minimum absolute atomic E-state index is 0.182. The Labute approximate surface area is 150 Å². The number of fused-ring (bicyclic) bond motifs is 3. The Morgan fingerprint density at radius 2 is 1.77 bits per heavy atom. The SMILES string of the molecule is CC(C)(C)n1c(=O)[nH]c2cnc3c(ccn3S(=O)(=O)c3ccccc3)c21. The normalized spacial score (nSPS) is 12.9. The zero-order valence-electron chi connectivity index (χ0n) is 14.6. The number of benzene rings is 1. The van der Waals surface area contributed by atoms with Crippen molar-refractivity contribution in [1.82, 2.24) is 18.5 Å². The van der Waals surface area contributed by atoms with Crippen LogP contribution in [-0.4, -0.2) is 26.9 Å². The van der Waals surface area contributed by atoms with Gasteiger partial charge in [0.2, 0.25) is 0 Å². The molecular formula is C18H18N4O3S. The molecule has 134 valence electrons. The molecule has 8 heteroatoms. The summed E-state index contributed by atoms with van der Waals surface area (Å²) in [5, 5.41) is 0.607. The van der Waals surface area contributed by atoms with E-state index in [0.29, 0.717) is 22.1 Å². The van der Waals surface area contributed by atoms with Gasteiger partial charge in [0.1, 0.15) is 0 Å². The Morgan fingerprint density at radius 1 is 1.08 bits per heavy atom. The molecule has 0 aliphatic rings. The van der Waals surface area contributed by atoms with Crippen LogP contribution in [0.2, 0.25) is 0 Å². The maximum absolute atomic E-state index is 13.0. The first-order valence-corrected chi connectivity index (χ1v) is 9.57. The maximum atomic E-state index is 13.0. The predicted molar refractivity (Wildman–Crippen MR) is 99.9 cm³/mol. The molecule has 0 saturated carbocycles. The van der Waals surface area contributed by atoms with Gasteiger partial charge in [0.25, 0.3) is 10.0 Å². The van der Waals surface area contributed by atoms with Crippen LogP contribution < -0.4 is 5.69 Å². The van der Waals surface area contributed by atoms with E-state index in [4.69, 9.17) is 0 Å². The lowest BCUT2D eigenvalue weighted by atomic mass is 10.1. The molecule has 0 amide bonds. The first-order valence-electron chi connectivity index (χ1n) is 8.13. The molecule has 0 fully saturated rings. The van der Waals surface area contributed by atoms with Crippen molar-refractivity contribution in [3.8, 4) is 0 Å². The standard InChI is InChI=1S/C18H18N4O3S/c1-18(2,3)22-15-13-9-10-21(16(13)19-11-14(15)20-17(22)23)26(24,25)12-7-5-4-6-8-12/h4-11H,1-3H3,(H,20,23). The lowest BCUT2D eigenvalue weighted by Crippen LogP contribution is -2.31. The van der Waals surface area contributed by atoms with Crippen LogP contribution in [0.3, 0.4) is 0 Å². The molecule has 1 aromatic carbocycles. The van der Waals surface area contributed by atoms with Crippen molar-refractivity contribution in [3.05, 3.63) is 59.3 Å². The summed E-state index contributed by atoms with van der Waals surface area (Å²) in [5.74, 6) is 0. The van der Waals surface area contributed by atoms with Crippen molar-refractivity contribution in [2.75, 3.05) is 0 Å². The number of rotatable bonds is 2. The van der Waals surface area contributed by atoms with Crippen LogP contribution in [0.5, 0.6) is 0 Å². The number of aromatic amines is 1. The lowest BCUT2D eigenvalue weighted by molar-refractivity contribution is 0.398. The zero-order valence-corrected chi connectivity index (χ0v) is 15.4. The summed E-state index contributed by atoms with van der Waals surface area (Å²) < 4.78 is 28.7. The summed E-state index contributed by atoms with van der Waals surface area (Å²) in [5.41, 5.74) is 0.796. The van der Waals surface area contributed by atoms with Gasteiger partial charge in [0.15, 0.2) is 5.65 Å². The second-order valence-corrected chi connectivity index (χ2v) is 8.94. The number of nitrogens with one attached hydrogen (secondary N) is 1. The molecular weight excluding hydrogens is 352 g/mol. The molecule has 7 nitrogen and oxygen atoms in total. The molecule has 26 heavy (non-hydrogen) atoms. The number of imidazole rings is 1. The van der Waals surface area contributed by atoms with Crippen LogP contribution in [0.4, 0.5) is 0 Å². The largest absolute Gasteiger partial charge is 0.327 e. The fraction of sp³-hybridized carbons (Fsp3) is 0.222. The van der Waals surface area contributed by atoms with E-state index in [1.54, 1.807) is 41.0 Å². The third kappa shape index (κ3) is 2.29. The van der Waals surface area contributed by atoms with Crippen LogP contribution in [0.25, 0.3) is 22.1 Å². The summed E-state index contributed by atoms with van der Waals surface area (Å²) in [6.45, 7) is 5.77. The number of nitrogens with zero attached hydrogens (tertiary/aromatic N) is 3. The quantitative estimate of drug-likeness (QED) is 0.587. The van der Waals surface area contributed by atoms with E-state index in [1.165, 1.54) is 12.4 Å². The molecule has 3 aromatic heterocycles. The fourth-order valence-electron chi connectivity index (χ4n) is 3.19. The monoisotopic (exact) mass is 370 g/mol. The predicted octanol–water partition coefficient (Wildman–Crippen LogP) is 2.67. The number of pyridine rings is 1. The lowest BCUT2D eigenvalue weighted by Gasteiger charge is -2.20. The van der Waals surface area contributed by atoms with Crippen LogP contribution in [0, 0.1) is 0 Å². The van der Waals surface area contributed by atoms with Crippen molar-refractivity contribution in [2.45, 2.75) is 31.2 Å². The number of aromatic nitrogens is 4. The van der Waals surface area contributed by atoms with Crippen LogP contribution >= 0.6 is 0 Å². The van der Waals surface area contributed by atoms with Gasteiger partial charge in [-0.2, -0.15) is 0 Å². The maximum Gasteiger partial charge on any atom is 0.327 e. The van der Waals surface area contributed by atoms with Crippen LogP contribution in [0.15, 0.2) is 58.5 Å². The summed E-state index contributed by atoms with van der Waals surface area (Å²) in [6, 6.07) is 9.88. The Morgan fingerprint density at radius 3 is 2.42 bits per heavy atom. The fourth-order valence-corrected chi connectivity index (χ4v) is 4.52. The molecule has 0 unspecified atom stereocenters. The van der Waals surface area contributed by atoms with Gasteiger partial charge in [-0.15, -0.1) is 0 Å². The molecule has 0 saturated heterocycles. The molecule has 0 aliphatic heterocycles. The van der Waals surface area contributed by atoms with E-state index in [-0.39, 0.29) is 10.6 Å². The molecule has 0 bridgehead atoms. The second-order valence-electron chi connectivity index (χ2n) is 7.12. The van der Waals surface area contributed by atoms with Gasteiger partial charge in [-0.05, 0) is 39.0 Å². The molecule has 1 N–H and O–H groups in total. The topological polar surface area (TPSA) is 89.8 Å². The first-order chi connectivity index (χ1) is 12.2. The van der Waals surface area contributed by atoms with Crippen molar-refractivity contribution >= 4 is 32.1 Å². The minimum Gasteiger partial charge on any atom is -0.304 e. The van der Waals surface area contributed by atoms with E-state index < -0.39 is 15.6 Å². The molecule has 4 aromatic rings. The molecule has 0 atom stereocenters. The van der Waals surface area contributed by atoms with Gasteiger partial charge in [0, 0.05) is 17.1 Å². The smallest absolute Gasteiger partial charge is 0.304 e. The Hall–Kier alpha value is -2.87.